The zero-order chi connectivity index (χ0) is 15.0. The van der Waals surface area contributed by atoms with Gasteiger partial charge in [-0.2, -0.15) is 4.31 Å². The molecule has 0 spiro atoms. The third-order valence-electron chi connectivity index (χ3n) is 3.45. The van der Waals surface area contributed by atoms with E-state index in [0.29, 0.717) is 5.65 Å². The molecule has 0 bridgehead atoms. The van der Waals surface area contributed by atoms with Crippen LogP contribution >= 0.6 is 0 Å². The third-order valence-corrected chi connectivity index (χ3v) is 5.44. The second-order valence-corrected chi connectivity index (χ2v) is 6.56. The molecular formula is C12H16N4O4S. The Morgan fingerprint density at radius 3 is 3.05 bits per heavy atom. The number of nitrogens with two attached hydrogens (primary N) is 1. The van der Waals surface area contributed by atoms with Crippen molar-refractivity contribution in [1.82, 2.24) is 13.7 Å². The monoisotopic (exact) mass is 312 g/mol. The fraction of sp³-hybridized carbons (Fsp3) is 0.417. The van der Waals surface area contributed by atoms with E-state index in [1.165, 1.54) is 8.71 Å². The van der Waals surface area contributed by atoms with Crippen LogP contribution in [0.25, 0.3) is 5.65 Å². The molecule has 1 unspecified atom stereocenters. The first-order chi connectivity index (χ1) is 10.1. The summed E-state index contributed by atoms with van der Waals surface area (Å²) in [6.45, 7) is 0.307. The van der Waals surface area contributed by atoms with Crippen molar-refractivity contribution < 1.29 is 18.3 Å². The predicted molar refractivity (Wildman–Crippen MR) is 75.2 cm³/mol. The maximum absolute atomic E-state index is 12.9. The van der Waals surface area contributed by atoms with Gasteiger partial charge in [0.1, 0.15) is 5.65 Å². The molecule has 21 heavy (non-hydrogen) atoms. The molecule has 0 radical (unpaired) electrons. The van der Waals surface area contributed by atoms with Crippen LogP contribution in [0.1, 0.15) is 0 Å². The molecule has 0 aromatic carbocycles. The lowest BCUT2D eigenvalue weighted by atomic mass is 10.3. The van der Waals surface area contributed by atoms with Gasteiger partial charge in [-0.25, -0.2) is 13.4 Å². The second-order valence-electron chi connectivity index (χ2n) is 4.76. The van der Waals surface area contributed by atoms with Crippen molar-refractivity contribution in [3.63, 3.8) is 0 Å². The lowest BCUT2D eigenvalue weighted by Gasteiger charge is -2.33. The summed E-state index contributed by atoms with van der Waals surface area (Å²) in [6, 6.07) is 4.52. The summed E-state index contributed by atoms with van der Waals surface area (Å²) in [5, 5.41) is 9.29. The molecule has 1 saturated heterocycles. The van der Waals surface area contributed by atoms with E-state index >= 15 is 0 Å². The number of aromatic nitrogens is 2. The van der Waals surface area contributed by atoms with E-state index in [-0.39, 0.29) is 37.2 Å². The number of imidazole rings is 1. The van der Waals surface area contributed by atoms with Crippen LogP contribution in [0.2, 0.25) is 0 Å². The zero-order valence-corrected chi connectivity index (χ0v) is 12.0. The van der Waals surface area contributed by atoms with Crippen LogP contribution in [0.5, 0.6) is 0 Å². The van der Waals surface area contributed by atoms with E-state index < -0.39 is 16.1 Å². The first-order valence-electron chi connectivity index (χ1n) is 6.48. The number of sulfonamides is 1. The predicted octanol–water partition coefficient (Wildman–Crippen LogP) is -0.702. The van der Waals surface area contributed by atoms with E-state index in [1.807, 2.05) is 0 Å². The highest BCUT2D eigenvalue weighted by Crippen LogP contribution is 2.26. The van der Waals surface area contributed by atoms with Gasteiger partial charge in [-0.1, -0.05) is 6.07 Å². The average Bonchev–Trinajstić information content (AvgIpc) is 2.83. The number of nitrogens with zero attached hydrogens (tertiary/aromatic N) is 3. The Morgan fingerprint density at radius 1 is 1.48 bits per heavy atom. The van der Waals surface area contributed by atoms with Crippen molar-refractivity contribution in [2.75, 3.05) is 32.1 Å². The topological polar surface area (TPSA) is 110 Å². The lowest BCUT2D eigenvalue weighted by Crippen LogP contribution is -2.50. The molecule has 3 rings (SSSR count). The van der Waals surface area contributed by atoms with Crippen molar-refractivity contribution in [3.8, 4) is 0 Å². The van der Waals surface area contributed by atoms with Gasteiger partial charge in [0.15, 0.2) is 10.8 Å². The molecule has 0 saturated carbocycles. The second kappa shape index (κ2) is 5.26. The molecule has 0 amide bonds. The van der Waals surface area contributed by atoms with Gasteiger partial charge in [-0.05, 0) is 12.1 Å². The molecule has 3 N–H and O–H groups in total. The Labute approximate surface area is 121 Å². The summed E-state index contributed by atoms with van der Waals surface area (Å²) in [5.41, 5.74) is 6.26. The Bertz CT molecular complexity index is 758. The molecular weight excluding hydrogens is 296 g/mol. The Balaban J connectivity index is 2.14. The summed E-state index contributed by atoms with van der Waals surface area (Å²) in [7, 11) is -3.87. The summed E-state index contributed by atoms with van der Waals surface area (Å²) in [4.78, 5) is 4.07. The van der Waals surface area contributed by atoms with Crippen LogP contribution < -0.4 is 5.73 Å². The maximum atomic E-state index is 12.9. The lowest BCUT2D eigenvalue weighted by molar-refractivity contribution is 0.0108. The Hall–Kier alpha value is -1.68. The molecule has 114 valence electrons. The molecule has 2 aromatic heterocycles. The number of rotatable bonds is 3. The highest BCUT2D eigenvalue weighted by Gasteiger charge is 2.37. The third kappa shape index (κ3) is 2.27. The van der Waals surface area contributed by atoms with Crippen molar-refractivity contribution in [2.45, 2.75) is 11.1 Å². The number of aliphatic hydroxyl groups is 1. The van der Waals surface area contributed by atoms with Crippen molar-refractivity contribution in [1.29, 1.82) is 0 Å². The molecule has 1 aliphatic heterocycles. The quantitative estimate of drug-likeness (QED) is 0.775. The van der Waals surface area contributed by atoms with E-state index in [0.717, 1.165) is 0 Å². The van der Waals surface area contributed by atoms with Crippen LogP contribution in [-0.2, 0) is 14.8 Å². The Kier molecular flexibility index (Phi) is 3.57. The van der Waals surface area contributed by atoms with Crippen LogP contribution in [-0.4, -0.2) is 59.6 Å². The number of morpholine rings is 1. The molecule has 1 atom stereocenters. The molecule has 3 heterocycles. The highest BCUT2D eigenvalue weighted by molar-refractivity contribution is 7.89. The van der Waals surface area contributed by atoms with Gasteiger partial charge in [0.25, 0.3) is 10.0 Å². The van der Waals surface area contributed by atoms with Crippen molar-refractivity contribution in [3.05, 3.63) is 24.4 Å². The van der Waals surface area contributed by atoms with Gasteiger partial charge in [-0.15, -0.1) is 0 Å². The standard InChI is InChI=1S/C12H16N4O4S/c13-11-12(15-4-2-1-3-10(15)14-11)21(18,19)16-5-6-20-8-9(16)7-17/h1-4,9,17H,5-8,13H2. The van der Waals surface area contributed by atoms with Gasteiger partial charge in [0.05, 0.1) is 25.9 Å². The largest absolute Gasteiger partial charge is 0.395 e. The summed E-state index contributed by atoms with van der Waals surface area (Å²) in [5.74, 6) is -0.0515. The van der Waals surface area contributed by atoms with E-state index in [9.17, 15) is 13.5 Å². The fourth-order valence-corrected chi connectivity index (χ4v) is 4.23. The summed E-state index contributed by atoms with van der Waals surface area (Å²) in [6.07, 6.45) is 1.60. The summed E-state index contributed by atoms with van der Waals surface area (Å²) < 4.78 is 33.6. The minimum atomic E-state index is -3.87. The fourth-order valence-electron chi connectivity index (χ4n) is 2.46. The molecule has 2 aromatic rings. The van der Waals surface area contributed by atoms with Gasteiger partial charge >= 0.3 is 0 Å². The SMILES string of the molecule is Nc1nc2ccccn2c1S(=O)(=O)N1CCOCC1CO. The number of nitrogen functional groups attached to an aromatic ring is 1. The molecule has 0 aliphatic carbocycles. The van der Waals surface area contributed by atoms with Crippen molar-refractivity contribution >= 4 is 21.5 Å². The van der Waals surface area contributed by atoms with E-state index in [4.69, 9.17) is 10.5 Å². The molecule has 8 nitrogen and oxygen atoms in total. The normalized spacial score (nSPS) is 20.9. The molecule has 1 aliphatic rings. The molecule has 1 fully saturated rings. The Morgan fingerprint density at radius 2 is 2.29 bits per heavy atom. The van der Waals surface area contributed by atoms with Gasteiger partial charge < -0.3 is 15.6 Å². The minimum absolute atomic E-state index is 0.0515. The summed E-state index contributed by atoms with van der Waals surface area (Å²) >= 11 is 0. The van der Waals surface area contributed by atoms with Crippen molar-refractivity contribution in [2.24, 2.45) is 0 Å². The van der Waals surface area contributed by atoms with Crippen LogP contribution in [0.15, 0.2) is 29.4 Å². The number of fused-ring (bicyclic) bond motifs is 1. The zero-order valence-electron chi connectivity index (χ0n) is 11.2. The van der Waals surface area contributed by atoms with Crippen LogP contribution in [0.3, 0.4) is 0 Å². The van der Waals surface area contributed by atoms with Gasteiger partial charge in [0, 0.05) is 12.7 Å². The highest BCUT2D eigenvalue weighted by atomic mass is 32.2. The van der Waals surface area contributed by atoms with Crippen LogP contribution in [0.4, 0.5) is 5.82 Å². The number of anilines is 1. The average molecular weight is 312 g/mol. The maximum Gasteiger partial charge on any atom is 0.263 e. The van der Waals surface area contributed by atoms with Gasteiger partial charge in [-0.3, -0.25) is 4.40 Å². The minimum Gasteiger partial charge on any atom is -0.395 e. The number of ether oxygens (including phenoxy) is 1. The molecule has 9 heteroatoms. The number of hydrogen-bond acceptors (Lipinski definition) is 6. The number of aliphatic hydroxyl groups excluding tert-OH is 1. The van der Waals surface area contributed by atoms with Gasteiger partial charge in [0.2, 0.25) is 0 Å². The number of pyridine rings is 1. The number of hydrogen-bond donors (Lipinski definition) is 2. The first-order valence-corrected chi connectivity index (χ1v) is 7.92. The first kappa shape index (κ1) is 14.3. The smallest absolute Gasteiger partial charge is 0.263 e. The van der Waals surface area contributed by atoms with E-state index in [2.05, 4.69) is 4.98 Å². The van der Waals surface area contributed by atoms with Crippen LogP contribution in [0, 0.1) is 0 Å². The van der Waals surface area contributed by atoms with E-state index in [1.54, 1.807) is 24.4 Å².